The van der Waals surface area contributed by atoms with Crippen molar-refractivity contribution in [3.8, 4) is 0 Å². The van der Waals surface area contributed by atoms with Crippen molar-refractivity contribution >= 4 is 35.3 Å². The summed E-state index contributed by atoms with van der Waals surface area (Å²) in [4.78, 5) is 24.9. The van der Waals surface area contributed by atoms with Gasteiger partial charge in [-0.1, -0.05) is 12.1 Å². The van der Waals surface area contributed by atoms with E-state index in [1.165, 1.54) is 0 Å². The zero-order valence-corrected chi connectivity index (χ0v) is 13.1. The quantitative estimate of drug-likeness (QED) is 0.942. The molecule has 1 aromatic carbocycles. The molecule has 22 heavy (non-hydrogen) atoms. The first kappa shape index (κ1) is 16.4. The molecule has 1 aliphatic heterocycles. The van der Waals surface area contributed by atoms with Gasteiger partial charge in [-0.05, 0) is 25.0 Å². The third kappa shape index (κ3) is 3.09. The van der Waals surface area contributed by atoms with Crippen LogP contribution in [0.3, 0.4) is 0 Å². The maximum atomic E-state index is 12.3. The Morgan fingerprint density at radius 1 is 1.41 bits per heavy atom. The Morgan fingerprint density at radius 2 is 2.18 bits per heavy atom. The standard InChI is InChI=1S/C16H17NO4.ClH/c1-10-2-3-13-12(9-21-14(13)6-10)7-15(18)17-5-4-11(8-17)16(19)20;/h2-3,6,9,11H,4-5,7-8H2,1H3,(H,19,20);1H. The van der Waals surface area contributed by atoms with E-state index in [1.54, 1.807) is 11.2 Å². The second-order valence-corrected chi connectivity index (χ2v) is 5.60. The van der Waals surface area contributed by atoms with Gasteiger partial charge in [0.05, 0.1) is 18.6 Å². The fourth-order valence-electron chi connectivity index (χ4n) is 2.79. The fraction of sp³-hybridized carbons (Fsp3) is 0.375. The van der Waals surface area contributed by atoms with Crippen LogP contribution in [-0.2, 0) is 16.0 Å². The summed E-state index contributed by atoms with van der Waals surface area (Å²) in [5.74, 6) is -1.30. The molecule has 1 amide bonds. The number of hydrogen-bond donors (Lipinski definition) is 1. The molecule has 1 N–H and O–H groups in total. The highest BCUT2D eigenvalue weighted by atomic mass is 35.5. The monoisotopic (exact) mass is 323 g/mol. The molecule has 118 valence electrons. The predicted octanol–water partition coefficient (Wildman–Crippen LogP) is 2.64. The van der Waals surface area contributed by atoms with Crippen LogP contribution < -0.4 is 0 Å². The molecule has 0 radical (unpaired) electrons. The van der Waals surface area contributed by atoms with Crippen molar-refractivity contribution in [2.24, 2.45) is 5.92 Å². The molecule has 3 rings (SSSR count). The van der Waals surface area contributed by atoms with Gasteiger partial charge in [-0.2, -0.15) is 0 Å². The molecular formula is C16H18ClNO4. The van der Waals surface area contributed by atoms with Crippen LogP contribution >= 0.6 is 12.4 Å². The lowest BCUT2D eigenvalue weighted by atomic mass is 10.1. The lowest BCUT2D eigenvalue weighted by molar-refractivity contribution is -0.141. The second-order valence-electron chi connectivity index (χ2n) is 5.60. The van der Waals surface area contributed by atoms with E-state index in [0.717, 1.165) is 22.1 Å². The Labute approximate surface area is 134 Å². The summed E-state index contributed by atoms with van der Waals surface area (Å²) in [7, 11) is 0. The highest BCUT2D eigenvalue weighted by Crippen LogP contribution is 2.24. The first-order chi connectivity index (χ1) is 10.0. The average Bonchev–Trinajstić information content (AvgIpc) is 3.06. The van der Waals surface area contributed by atoms with Crippen molar-refractivity contribution in [1.29, 1.82) is 0 Å². The molecule has 1 fully saturated rings. The van der Waals surface area contributed by atoms with Crippen LogP contribution in [0.2, 0.25) is 0 Å². The highest BCUT2D eigenvalue weighted by Gasteiger charge is 2.30. The maximum absolute atomic E-state index is 12.3. The molecule has 0 bridgehead atoms. The lowest BCUT2D eigenvalue weighted by Crippen LogP contribution is -2.31. The molecule has 0 saturated carbocycles. The van der Waals surface area contributed by atoms with Gasteiger partial charge in [0.15, 0.2) is 0 Å². The topological polar surface area (TPSA) is 70.8 Å². The Bertz CT molecular complexity index is 709. The Morgan fingerprint density at radius 3 is 2.86 bits per heavy atom. The number of carbonyl (C=O) groups excluding carboxylic acids is 1. The van der Waals surface area contributed by atoms with Gasteiger partial charge in [0.2, 0.25) is 5.91 Å². The molecule has 2 heterocycles. The molecular weight excluding hydrogens is 306 g/mol. The van der Waals surface area contributed by atoms with Crippen molar-refractivity contribution in [2.75, 3.05) is 13.1 Å². The number of hydrogen-bond acceptors (Lipinski definition) is 3. The summed E-state index contributed by atoms with van der Waals surface area (Å²) < 4.78 is 5.49. The van der Waals surface area contributed by atoms with Crippen molar-refractivity contribution in [1.82, 2.24) is 4.90 Å². The number of fused-ring (bicyclic) bond motifs is 1. The van der Waals surface area contributed by atoms with Crippen LogP contribution in [0, 0.1) is 12.8 Å². The summed E-state index contributed by atoms with van der Waals surface area (Å²) in [5.41, 5.74) is 2.75. The second kappa shape index (κ2) is 6.40. The minimum Gasteiger partial charge on any atom is -0.481 e. The van der Waals surface area contributed by atoms with Crippen LogP contribution in [-0.4, -0.2) is 35.0 Å². The number of carboxylic acid groups (broad SMARTS) is 1. The number of amides is 1. The van der Waals surface area contributed by atoms with Crippen molar-refractivity contribution < 1.29 is 19.1 Å². The van der Waals surface area contributed by atoms with Gasteiger partial charge in [-0.3, -0.25) is 9.59 Å². The summed E-state index contributed by atoms with van der Waals surface area (Å²) in [5, 5.41) is 9.93. The molecule has 0 aliphatic carbocycles. The van der Waals surface area contributed by atoms with Crippen LogP contribution in [0.15, 0.2) is 28.9 Å². The van der Waals surface area contributed by atoms with Gasteiger partial charge in [0.1, 0.15) is 5.58 Å². The smallest absolute Gasteiger partial charge is 0.308 e. The summed E-state index contributed by atoms with van der Waals surface area (Å²) >= 11 is 0. The Kier molecular flexibility index (Phi) is 4.76. The minimum absolute atomic E-state index is 0. The average molecular weight is 324 g/mol. The number of aliphatic carboxylic acids is 1. The molecule has 6 heteroatoms. The SMILES string of the molecule is Cc1ccc2c(CC(=O)N3CCC(C(=O)O)C3)coc2c1.Cl. The minimum atomic E-state index is -0.825. The van der Waals surface area contributed by atoms with E-state index in [9.17, 15) is 9.59 Å². The number of benzene rings is 1. The molecule has 1 atom stereocenters. The van der Waals surface area contributed by atoms with Gasteiger partial charge in [0.25, 0.3) is 0 Å². The summed E-state index contributed by atoms with van der Waals surface area (Å²) in [6, 6.07) is 5.89. The molecule has 5 nitrogen and oxygen atoms in total. The number of likely N-dealkylation sites (tertiary alicyclic amines) is 1. The van der Waals surface area contributed by atoms with Gasteiger partial charge < -0.3 is 14.4 Å². The van der Waals surface area contributed by atoms with E-state index in [-0.39, 0.29) is 24.7 Å². The van der Waals surface area contributed by atoms with Gasteiger partial charge >= 0.3 is 5.97 Å². The lowest BCUT2D eigenvalue weighted by Gasteiger charge is -2.15. The van der Waals surface area contributed by atoms with E-state index in [1.807, 2.05) is 25.1 Å². The third-order valence-electron chi connectivity index (χ3n) is 4.04. The van der Waals surface area contributed by atoms with Crippen LogP contribution in [0.25, 0.3) is 11.0 Å². The first-order valence-electron chi connectivity index (χ1n) is 7.02. The largest absolute Gasteiger partial charge is 0.481 e. The normalized spacial score (nSPS) is 17.5. The number of rotatable bonds is 3. The molecule has 1 aliphatic rings. The summed E-state index contributed by atoms with van der Waals surface area (Å²) in [6.07, 6.45) is 2.40. The van der Waals surface area contributed by atoms with Gasteiger partial charge in [0, 0.05) is 24.0 Å². The number of aryl methyl sites for hydroxylation is 1. The third-order valence-corrected chi connectivity index (χ3v) is 4.04. The maximum Gasteiger partial charge on any atom is 0.308 e. The van der Waals surface area contributed by atoms with Gasteiger partial charge in [-0.15, -0.1) is 12.4 Å². The zero-order valence-electron chi connectivity index (χ0n) is 12.2. The Balaban J connectivity index is 0.00000176. The number of halogens is 1. The van der Waals surface area contributed by atoms with Crippen LogP contribution in [0.4, 0.5) is 0 Å². The van der Waals surface area contributed by atoms with Crippen molar-refractivity contribution in [2.45, 2.75) is 19.8 Å². The van der Waals surface area contributed by atoms with Gasteiger partial charge in [-0.25, -0.2) is 0 Å². The highest BCUT2D eigenvalue weighted by molar-refractivity contribution is 5.88. The molecule has 2 aromatic rings. The molecule has 0 spiro atoms. The first-order valence-corrected chi connectivity index (χ1v) is 7.02. The molecule has 1 unspecified atom stereocenters. The zero-order chi connectivity index (χ0) is 15.0. The van der Waals surface area contributed by atoms with Crippen molar-refractivity contribution in [3.05, 3.63) is 35.6 Å². The fourth-order valence-corrected chi connectivity index (χ4v) is 2.79. The van der Waals surface area contributed by atoms with E-state index in [2.05, 4.69) is 0 Å². The summed E-state index contributed by atoms with van der Waals surface area (Å²) in [6.45, 7) is 2.82. The van der Waals surface area contributed by atoms with E-state index >= 15 is 0 Å². The van der Waals surface area contributed by atoms with Crippen molar-refractivity contribution in [3.63, 3.8) is 0 Å². The van der Waals surface area contributed by atoms with E-state index in [4.69, 9.17) is 9.52 Å². The predicted molar refractivity (Wildman–Crippen MR) is 84.2 cm³/mol. The number of carbonyl (C=O) groups is 2. The number of carboxylic acids is 1. The van der Waals surface area contributed by atoms with Crippen LogP contribution in [0.1, 0.15) is 17.5 Å². The van der Waals surface area contributed by atoms with E-state index in [0.29, 0.717) is 19.5 Å². The number of nitrogens with zero attached hydrogens (tertiary/aromatic N) is 1. The molecule has 1 aromatic heterocycles. The van der Waals surface area contributed by atoms with E-state index < -0.39 is 11.9 Å². The Hall–Kier alpha value is -2.01. The molecule has 1 saturated heterocycles. The van der Waals surface area contributed by atoms with Crippen LogP contribution in [0.5, 0.6) is 0 Å². The number of furan rings is 1.